The maximum atomic E-state index is 12.6. The van der Waals surface area contributed by atoms with Crippen LogP contribution in [0.4, 0.5) is 0 Å². The predicted octanol–water partition coefficient (Wildman–Crippen LogP) is 12.4. The van der Waals surface area contributed by atoms with Gasteiger partial charge in [-0.1, -0.05) is 158 Å². The molecule has 0 aliphatic heterocycles. The fraction of sp³-hybridized carbons (Fsp3) is 0.739. The molecule has 0 aromatic rings. The minimum absolute atomic E-state index is 0.00469. The molecule has 3 unspecified atom stereocenters. The monoisotopic (exact) mass is 824 g/mol. The van der Waals surface area contributed by atoms with Crippen molar-refractivity contribution in [3.8, 4) is 0 Å². The van der Waals surface area contributed by atoms with Crippen molar-refractivity contribution in [2.24, 2.45) is 5.73 Å². The van der Waals surface area contributed by atoms with Crippen LogP contribution in [0.2, 0.25) is 0 Å². The fourth-order valence-corrected chi connectivity index (χ4v) is 6.60. The Morgan fingerprint density at radius 3 is 1.54 bits per heavy atom. The highest BCUT2D eigenvalue weighted by Crippen LogP contribution is 2.43. The van der Waals surface area contributed by atoms with E-state index in [1.54, 1.807) is 0 Å². The van der Waals surface area contributed by atoms with Gasteiger partial charge in [-0.15, -0.1) is 0 Å². The van der Waals surface area contributed by atoms with E-state index in [4.69, 9.17) is 29.4 Å². The average Bonchev–Trinajstić information content (AvgIpc) is 3.19. The number of nitrogens with two attached hydrogens (primary N) is 1. The first-order valence-corrected chi connectivity index (χ1v) is 23.8. The lowest BCUT2D eigenvalue weighted by atomic mass is 10.1. The summed E-state index contributed by atoms with van der Waals surface area (Å²) < 4.78 is 33.4. The van der Waals surface area contributed by atoms with E-state index < -0.39 is 45.1 Å². The van der Waals surface area contributed by atoms with Gasteiger partial charge in [0.05, 0.1) is 19.8 Å². The van der Waals surface area contributed by atoms with Crippen molar-refractivity contribution in [3.05, 3.63) is 60.8 Å². The summed E-state index contributed by atoms with van der Waals surface area (Å²) in [5.41, 5.74) is 5.36. The average molecular weight is 824 g/mol. The van der Waals surface area contributed by atoms with Crippen LogP contribution in [0, 0.1) is 0 Å². The number of phosphoric acid groups is 1. The lowest BCUT2D eigenvalue weighted by Gasteiger charge is -2.20. The molecule has 0 aliphatic rings. The third kappa shape index (κ3) is 41.6. The molecule has 330 valence electrons. The summed E-state index contributed by atoms with van der Waals surface area (Å²) in [5.74, 6) is -1.80. The van der Waals surface area contributed by atoms with E-state index in [0.29, 0.717) is 13.0 Å². The summed E-state index contributed by atoms with van der Waals surface area (Å²) in [6, 6.07) is -1.48. The maximum Gasteiger partial charge on any atom is 0.472 e. The number of esters is 1. The molecule has 3 atom stereocenters. The highest BCUT2D eigenvalue weighted by molar-refractivity contribution is 7.47. The van der Waals surface area contributed by atoms with Crippen LogP contribution in [0.1, 0.15) is 181 Å². The number of rotatable bonds is 42. The highest BCUT2D eigenvalue weighted by atomic mass is 31.2. The number of phosphoric ester groups is 1. The smallest absolute Gasteiger partial charge is 0.472 e. The lowest BCUT2D eigenvalue weighted by Crippen LogP contribution is -2.34. The number of unbranched alkanes of at least 4 members (excludes halogenated alkanes) is 18. The molecule has 0 spiro atoms. The van der Waals surface area contributed by atoms with Crippen LogP contribution in [0.25, 0.3) is 0 Å². The van der Waals surface area contributed by atoms with Crippen molar-refractivity contribution < 1.29 is 42.7 Å². The van der Waals surface area contributed by atoms with Gasteiger partial charge in [0.15, 0.2) is 0 Å². The molecule has 0 saturated carbocycles. The lowest BCUT2D eigenvalue weighted by molar-refractivity contribution is -0.154. The quantitative estimate of drug-likeness (QED) is 0.0234. The van der Waals surface area contributed by atoms with Gasteiger partial charge in [0.25, 0.3) is 0 Å². The normalized spacial score (nSPS) is 14.5. The first-order valence-electron chi connectivity index (χ1n) is 22.3. The number of allylic oxidation sites excluding steroid dienone is 10. The predicted molar refractivity (Wildman–Crippen MR) is 235 cm³/mol. The molecule has 0 aromatic heterocycles. The molecule has 11 heteroatoms. The molecule has 0 aromatic carbocycles. The van der Waals surface area contributed by atoms with Crippen molar-refractivity contribution in [1.29, 1.82) is 0 Å². The first-order chi connectivity index (χ1) is 27.7. The van der Waals surface area contributed by atoms with Gasteiger partial charge in [-0.05, 0) is 77.0 Å². The fourth-order valence-electron chi connectivity index (χ4n) is 5.82. The number of ether oxygens (including phenoxy) is 2. The van der Waals surface area contributed by atoms with Crippen LogP contribution < -0.4 is 5.73 Å². The Balaban J connectivity index is 4.27. The van der Waals surface area contributed by atoms with Gasteiger partial charge in [0.2, 0.25) is 0 Å². The number of carbonyl (C=O) groups is 2. The molecule has 0 fully saturated rings. The van der Waals surface area contributed by atoms with Crippen molar-refractivity contribution in [2.45, 2.75) is 193 Å². The van der Waals surface area contributed by atoms with E-state index in [2.05, 4.69) is 74.6 Å². The Morgan fingerprint density at radius 2 is 1.02 bits per heavy atom. The van der Waals surface area contributed by atoms with E-state index in [1.165, 1.54) is 64.2 Å². The van der Waals surface area contributed by atoms with Crippen LogP contribution in [-0.4, -0.2) is 60.5 Å². The van der Waals surface area contributed by atoms with E-state index in [-0.39, 0.29) is 13.0 Å². The van der Waals surface area contributed by atoms with E-state index in [1.807, 2.05) is 0 Å². The topological polar surface area (TPSA) is 155 Å². The molecule has 0 saturated heterocycles. The van der Waals surface area contributed by atoms with E-state index >= 15 is 0 Å². The maximum absolute atomic E-state index is 12.6. The van der Waals surface area contributed by atoms with E-state index in [9.17, 15) is 19.0 Å². The summed E-state index contributed by atoms with van der Waals surface area (Å²) in [6.07, 6.45) is 49.8. The Hall–Kier alpha value is -2.33. The summed E-state index contributed by atoms with van der Waals surface area (Å²) in [6.45, 7) is 3.73. The Kier molecular flexibility index (Phi) is 40.1. The van der Waals surface area contributed by atoms with Crippen LogP contribution in [0.3, 0.4) is 0 Å². The summed E-state index contributed by atoms with van der Waals surface area (Å²) >= 11 is 0. The molecule has 0 heterocycles. The third-order valence-corrected chi connectivity index (χ3v) is 10.2. The van der Waals surface area contributed by atoms with Gasteiger partial charge in [0.1, 0.15) is 12.1 Å². The van der Waals surface area contributed by atoms with Crippen LogP contribution in [-0.2, 0) is 32.7 Å². The molecule has 0 bridgehead atoms. The van der Waals surface area contributed by atoms with E-state index in [0.717, 1.165) is 89.9 Å². The van der Waals surface area contributed by atoms with Crippen LogP contribution >= 0.6 is 7.82 Å². The molecule has 4 N–H and O–H groups in total. The van der Waals surface area contributed by atoms with Crippen LogP contribution in [0.5, 0.6) is 0 Å². The SMILES string of the molecule is CC/C=C\C/C=C\C/C=C\C/C=C\CCCCCCCCC(=O)OC(COCCCCCCCC/C=C\CCCCCCCC)COP(=O)(O)OCC(N)C(=O)O. The first kappa shape index (κ1) is 54.7. The number of aliphatic carboxylic acids is 1. The minimum Gasteiger partial charge on any atom is -0.480 e. The van der Waals surface area contributed by atoms with Gasteiger partial charge in [-0.2, -0.15) is 0 Å². The summed E-state index contributed by atoms with van der Waals surface area (Å²) in [7, 11) is -4.62. The Morgan fingerprint density at radius 1 is 0.579 bits per heavy atom. The highest BCUT2D eigenvalue weighted by Gasteiger charge is 2.27. The second kappa shape index (κ2) is 41.8. The molecular formula is C46H82NO9P. The van der Waals surface area contributed by atoms with Gasteiger partial charge < -0.3 is 25.2 Å². The zero-order valence-corrected chi connectivity index (χ0v) is 36.8. The molecule has 0 radical (unpaired) electrons. The van der Waals surface area contributed by atoms with Gasteiger partial charge >= 0.3 is 19.8 Å². The number of carboxylic acids is 1. The molecular weight excluding hydrogens is 741 g/mol. The number of hydrogen-bond acceptors (Lipinski definition) is 8. The second-order valence-corrected chi connectivity index (χ2v) is 16.2. The summed E-state index contributed by atoms with van der Waals surface area (Å²) in [5, 5.41) is 8.90. The minimum atomic E-state index is -4.62. The van der Waals surface area contributed by atoms with Crippen molar-refractivity contribution in [2.75, 3.05) is 26.4 Å². The molecule has 57 heavy (non-hydrogen) atoms. The number of hydrogen-bond donors (Lipinski definition) is 3. The Labute approximate surface area is 347 Å². The van der Waals surface area contributed by atoms with Gasteiger partial charge in [-0.25, -0.2) is 4.57 Å². The Bertz CT molecular complexity index is 1140. The zero-order chi connectivity index (χ0) is 41.9. The van der Waals surface area contributed by atoms with Crippen LogP contribution in [0.15, 0.2) is 60.8 Å². The molecule has 0 rings (SSSR count). The standard InChI is InChI=1S/C46H82NO9P/c1-3-5-7-9-11-13-15-17-19-21-22-23-24-26-28-30-32-34-36-38-45(48)56-43(41-54-57(51,52)55-42-44(47)46(49)50)40-53-39-37-35-33-31-29-27-25-20-18-16-14-12-10-8-6-4-2/h5,7,11,13,17-20,22-23,43-44H,3-4,6,8-10,12,14-16,21,24-42,47H2,1-2H3,(H,49,50)(H,51,52)/b7-5-,13-11-,19-17-,20-18-,23-22-. The van der Waals surface area contributed by atoms with Crippen molar-refractivity contribution >= 4 is 19.8 Å². The largest absolute Gasteiger partial charge is 0.480 e. The van der Waals surface area contributed by atoms with Gasteiger partial charge in [-0.3, -0.25) is 18.6 Å². The van der Waals surface area contributed by atoms with Crippen molar-refractivity contribution in [1.82, 2.24) is 0 Å². The van der Waals surface area contributed by atoms with Crippen molar-refractivity contribution in [3.63, 3.8) is 0 Å². The molecule has 10 nitrogen and oxygen atoms in total. The summed E-state index contributed by atoms with van der Waals surface area (Å²) in [4.78, 5) is 33.6. The number of carbonyl (C=O) groups excluding carboxylic acids is 1. The second-order valence-electron chi connectivity index (χ2n) is 14.8. The molecule has 0 aliphatic carbocycles. The zero-order valence-electron chi connectivity index (χ0n) is 35.9. The molecule has 0 amide bonds. The number of carboxylic acid groups (broad SMARTS) is 1. The third-order valence-electron chi connectivity index (χ3n) is 9.28. The van der Waals surface area contributed by atoms with Gasteiger partial charge in [0, 0.05) is 13.0 Å².